The molecule has 0 radical (unpaired) electrons. The number of methoxy groups -OCH3 is 1. The van der Waals surface area contributed by atoms with E-state index in [1.165, 1.54) is 25.7 Å². The summed E-state index contributed by atoms with van der Waals surface area (Å²) >= 11 is 23.3. The number of hydrogen-bond acceptors (Lipinski definition) is 3. The highest BCUT2D eigenvalue weighted by Crippen LogP contribution is 2.29. The Balaban J connectivity index is 2.44. The Bertz CT molecular complexity index is 624. The van der Waals surface area contributed by atoms with Gasteiger partial charge in [0, 0.05) is 12.1 Å². The van der Waals surface area contributed by atoms with E-state index in [2.05, 4.69) is 22.9 Å². The van der Waals surface area contributed by atoms with Gasteiger partial charge in [0.25, 0.3) is 0 Å². The van der Waals surface area contributed by atoms with E-state index in [0.717, 1.165) is 30.7 Å². The van der Waals surface area contributed by atoms with E-state index in [9.17, 15) is 4.79 Å². The first kappa shape index (κ1) is 26.1. The van der Waals surface area contributed by atoms with Crippen LogP contribution in [0.2, 0.25) is 0 Å². The molecule has 5 nitrogen and oxygen atoms in total. The normalized spacial score (nSPS) is 12.2. The van der Waals surface area contributed by atoms with E-state index >= 15 is 0 Å². The quantitative estimate of drug-likeness (QED) is 0.149. The van der Waals surface area contributed by atoms with E-state index in [1.807, 2.05) is 0 Å². The lowest BCUT2D eigenvalue weighted by Gasteiger charge is -2.27. The number of rotatable bonds is 12. The van der Waals surface area contributed by atoms with Crippen LogP contribution in [0.4, 0.5) is 5.69 Å². The molecule has 1 unspecified atom stereocenters. The second kappa shape index (κ2) is 14.1. The monoisotopic (exact) mass is 481 g/mol. The molecule has 1 aromatic carbocycles. The zero-order valence-electron chi connectivity index (χ0n) is 16.9. The molecule has 0 aromatic heterocycles. The maximum atomic E-state index is 12.2. The molecule has 0 spiro atoms. The summed E-state index contributed by atoms with van der Waals surface area (Å²) in [6, 6.07) is 7.19. The van der Waals surface area contributed by atoms with E-state index in [4.69, 9.17) is 51.8 Å². The van der Waals surface area contributed by atoms with Crippen molar-refractivity contribution >= 4 is 63.7 Å². The highest BCUT2D eigenvalue weighted by molar-refractivity contribution is 7.80. The molecule has 0 aliphatic rings. The molecule has 0 heterocycles. The molecule has 1 atom stereocenters. The third-order valence-corrected chi connectivity index (χ3v) is 5.14. The highest BCUT2D eigenvalue weighted by atomic mass is 35.6. The van der Waals surface area contributed by atoms with Crippen LogP contribution in [0.3, 0.4) is 0 Å². The van der Waals surface area contributed by atoms with E-state index < -0.39 is 9.96 Å². The lowest BCUT2D eigenvalue weighted by atomic mass is 10.1. The highest BCUT2D eigenvalue weighted by Gasteiger charge is 2.34. The summed E-state index contributed by atoms with van der Waals surface area (Å²) in [6.07, 6.45) is 7.33. The van der Waals surface area contributed by atoms with Gasteiger partial charge in [-0.25, -0.2) is 0 Å². The van der Waals surface area contributed by atoms with Gasteiger partial charge in [-0.15, -0.1) is 0 Å². The Morgan fingerprint density at radius 1 is 1.03 bits per heavy atom. The van der Waals surface area contributed by atoms with Crippen molar-refractivity contribution in [2.45, 2.75) is 68.2 Å². The number of carbonyl (C=O) groups excluding carboxylic acids is 1. The molecular formula is C20H30Cl3N3O2S. The van der Waals surface area contributed by atoms with Crippen molar-refractivity contribution in [1.29, 1.82) is 0 Å². The molecule has 0 fully saturated rings. The second-order valence-electron chi connectivity index (χ2n) is 6.74. The molecule has 164 valence electrons. The van der Waals surface area contributed by atoms with Crippen LogP contribution in [0, 0.1) is 0 Å². The SMILES string of the molecule is CCCCCCCCCC(=O)NC(NC(=S)Nc1ccc(OC)cc1)C(Cl)(Cl)Cl. The van der Waals surface area contributed by atoms with Crippen LogP contribution in [-0.4, -0.2) is 28.1 Å². The summed E-state index contributed by atoms with van der Waals surface area (Å²) in [4.78, 5) is 12.2. The zero-order valence-corrected chi connectivity index (χ0v) is 20.0. The van der Waals surface area contributed by atoms with Crippen molar-refractivity contribution in [3.63, 3.8) is 0 Å². The first-order valence-corrected chi connectivity index (χ1v) is 11.4. The number of unbranched alkanes of at least 4 members (excludes halogenated alkanes) is 6. The predicted molar refractivity (Wildman–Crippen MR) is 127 cm³/mol. The van der Waals surface area contributed by atoms with Gasteiger partial charge in [0.1, 0.15) is 11.9 Å². The summed E-state index contributed by atoms with van der Waals surface area (Å²) in [5, 5.41) is 8.77. The van der Waals surface area contributed by atoms with Crippen LogP contribution in [0.15, 0.2) is 24.3 Å². The van der Waals surface area contributed by atoms with Gasteiger partial charge in [-0.3, -0.25) is 4.79 Å². The molecule has 0 saturated heterocycles. The summed E-state index contributed by atoms with van der Waals surface area (Å²) in [5.74, 6) is 0.542. The summed E-state index contributed by atoms with van der Waals surface area (Å²) in [7, 11) is 1.59. The average Bonchev–Trinajstić information content (AvgIpc) is 2.66. The maximum Gasteiger partial charge on any atom is 0.228 e. The molecule has 0 aliphatic carbocycles. The van der Waals surface area contributed by atoms with Gasteiger partial charge in [-0.2, -0.15) is 0 Å². The summed E-state index contributed by atoms with van der Waals surface area (Å²) < 4.78 is 3.35. The average molecular weight is 483 g/mol. The minimum Gasteiger partial charge on any atom is -0.497 e. The molecule has 29 heavy (non-hydrogen) atoms. The van der Waals surface area contributed by atoms with Crippen LogP contribution >= 0.6 is 47.0 Å². The molecule has 1 aromatic rings. The number of halogens is 3. The Labute approximate surface area is 194 Å². The predicted octanol–water partition coefficient (Wildman–Crippen LogP) is 5.93. The second-order valence-corrected chi connectivity index (χ2v) is 9.52. The molecule has 3 N–H and O–H groups in total. The molecule has 1 amide bonds. The third-order valence-electron chi connectivity index (χ3n) is 4.26. The molecule has 0 bridgehead atoms. The molecule has 1 rings (SSSR count). The fraction of sp³-hybridized carbons (Fsp3) is 0.600. The van der Waals surface area contributed by atoms with Gasteiger partial charge in [-0.1, -0.05) is 80.3 Å². The van der Waals surface area contributed by atoms with Crippen LogP contribution in [0.25, 0.3) is 0 Å². The number of alkyl halides is 3. The lowest BCUT2D eigenvalue weighted by Crippen LogP contribution is -2.56. The fourth-order valence-corrected chi connectivity index (χ4v) is 3.21. The molecule has 9 heteroatoms. The van der Waals surface area contributed by atoms with Crippen molar-refractivity contribution < 1.29 is 9.53 Å². The Morgan fingerprint density at radius 2 is 1.62 bits per heavy atom. The number of amides is 1. The Hall–Kier alpha value is -0.950. The van der Waals surface area contributed by atoms with Crippen LogP contribution in [0.1, 0.15) is 58.3 Å². The number of nitrogens with one attached hydrogen (secondary N) is 3. The van der Waals surface area contributed by atoms with Gasteiger partial charge in [-0.05, 0) is 42.9 Å². The number of hydrogen-bond donors (Lipinski definition) is 3. The van der Waals surface area contributed by atoms with E-state index in [-0.39, 0.29) is 11.0 Å². The smallest absolute Gasteiger partial charge is 0.228 e. The lowest BCUT2D eigenvalue weighted by molar-refractivity contribution is -0.122. The number of ether oxygens (including phenoxy) is 1. The van der Waals surface area contributed by atoms with E-state index in [1.54, 1.807) is 31.4 Å². The first-order chi connectivity index (χ1) is 13.8. The van der Waals surface area contributed by atoms with Gasteiger partial charge in [0.05, 0.1) is 7.11 Å². The minimum absolute atomic E-state index is 0.186. The first-order valence-electron chi connectivity index (χ1n) is 9.84. The topological polar surface area (TPSA) is 62.4 Å². The number of benzene rings is 1. The van der Waals surface area contributed by atoms with Crippen LogP contribution in [-0.2, 0) is 4.79 Å². The van der Waals surface area contributed by atoms with Gasteiger partial charge < -0.3 is 20.7 Å². The molecular weight excluding hydrogens is 453 g/mol. The van der Waals surface area contributed by atoms with Crippen molar-refractivity contribution in [2.24, 2.45) is 0 Å². The molecule has 0 aliphatic heterocycles. The fourth-order valence-electron chi connectivity index (χ4n) is 2.65. The Kier molecular flexibility index (Phi) is 12.7. The third kappa shape index (κ3) is 11.7. The zero-order chi connectivity index (χ0) is 21.7. The minimum atomic E-state index is -1.76. The van der Waals surface area contributed by atoms with Gasteiger partial charge in [0.2, 0.25) is 9.70 Å². The van der Waals surface area contributed by atoms with Crippen molar-refractivity contribution in [1.82, 2.24) is 10.6 Å². The molecule has 0 saturated carbocycles. The van der Waals surface area contributed by atoms with Crippen molar-refractivity contribution in [3.8, 4) is 5.75 Å². The van der Waals surface area contributed by atoms with Gasteiger partial charge in [0.15, 0.2) is 5.11 Å². The summed E-state index contributed by atoms with van der Waals surface area (Å²) in [5.41, 5.74) is 0.737. The number of anilines is 1. The van der Waals surface area contributed by atoms with E-state index in [0.29, 0.717) is 6.42 Å². The largest absolute Gasteiger partial charge is 0.497 e. The standard InChI is InChI=1S/C20H30Cl3N3O2S/c1-3-4-5-6-7-8-9-10-17(27)25-18(20(21,22)23)26-19(29)24-15-11-13-16(28-2)14-12-15/h11-14,18H,3-10H2,1-2H3,(H,25,27)(H2,24,26,29). The van der Waals surface area contributed by atoms with Crippen molar-refractivity contribution in [3.05, 3.63) is 24.3 Å². The summed E-state index contributed by atoms with van der Waals surface area (Å²) in [6.45, 7) is 2.19. The van der Waals surface area contributed by atoms with Gasteiger partial charge >= 0.3 is 0 Å². The van der Waals surface area contributed by atoms with Crippen LogP contribution < -0.4 is 20.7 Å². The van der Waals surface area contributed by atoms with Crippen LogP contribution in [0.5, 0.6) is 5.75 Å². The Morgan fingerprint density at radius 3 is 2.17 bits per heavy atom. The van der Waals surface area contributed by atoms with Crippen molar-refractivity contribution in [2.75, 3.05) is 12.4 Å². The maximum absolute atomic E-state index is 12.2. The number of thiocarbonyl (C=S) groups is 1. The number of carbonyl (C=O) groups is 1.